The van der Waals surface area contributed by atoms with Crippen LogP contribution in [0.1, 0.15) is 45.0 Å². The average molecular weight is 464 g/mol. The maximum absolute atomic E-state index is 13.2. The van der Waals surface area contributed by atoms with Gasteiger partial charge in [0.2, 0.25) is 0 Å². The molecule has 3 aromatic carbocycles. The molecule has 0 aliphatic carbocycles. The van der Waals surface area contributed by atoms with Gasteiger partial charge in [0, 0.05) is 25.2 Å². The van der Waals surface area contributed by atoms with Crippen molar-refractivity contribution in [3.63, 3.8) is 0 Å². The number of carbonyl (C=O) groups excluding carboxylic acids is 2. The molecule has 0 bridgehead atoms. The molecule has 33 heavy (non-hydrogen) atoms. The second kappa shape index (κ2) is 9.83. The number of amides is 2. The Balaban J connectivity index is 1.47. The third-order valence-electron chi connectivity index (χ3n) is 5.87. The van der Waals surface area contributed by atoms with Gasteiger partial charge in [-0.3, -0.25) is 19.7 Å². The smallest absolute Gasteiger partial charge is 0.270 e. The van der Waals surface area contributed by atoms with E-state index < -0.39 is 10.8 Å². The molecule has 1 heterocycles. The lowest BCUT2D eigenvalue weighted by atomic mass is 9.89. The number of carbonyl (C=O) groups is 2. The number of benzene rings is 3. The second-order valence-electron chi connectivity index (χ2n) is 7.90. The number of non-ortho nitro benzene ring substituents is 1. The summed E-state index contributed by atoms with van der Waals surface area (Å²) >= 11 is 6.08. The van der Waals surface area contributed by atoms with E-state index in [-0.39, 0.29) is 22.2 Å². The summed E-state index contributed by atoms with van der Waals surface area (Å²) in [5.41, 5.74) is 1.94. The Hall–Kier alpha value is -3.71. The number of nitrogens with zero attached hydrogens (tertiary/aromatic N) is 2. The first kappa shape index (κ1) is 22.5. The minimum absolute atomic E-state index is 0.0338. The number of nitro groups is 1. The quantitative estimate of drug-likeness (QED) is 0.398. The van der Waals surface area contributed by atoms with Gasteiger partial charge in [0.1, 0.15) is 0 Å². The van der Waals surface area contributed by atoms with E-state index in [0.29, 0.717) is 30.3 Å². The molecule has 0 unspecified atom stereocenters. The number of nitro benzene ring substituents is 1. The minimum atomic E-state index is -0.581. The molecule has 8 heteroatoms. The van der Waals surface area contributed by atoms with Gasteiger partial charge in [-0.15, -0.1) is 0 Å². The van der Waals surface area contributed by atoms with Crippen LogP contribution in [0.2, 0.25) is 5.02 Å². The first-order valence-corrected chi connectivity index (χ1v) is 11.0. The first-order valence-electron chi connectivity index (χ1n) is 10.6. The van der Waals surface area contributed by atoms with Crippen LogP contribution in [0.15, 0.2) is 72.8 Å². The van der Waals surface area contributed by atoms with E-state index in [1.165, 1.54) is 17.7 Å². The molecule has 2 amide bonds. The number of anilines is 1. The highest BCUT2D eigenvalue weighted by molar-refractivity contribution is 6.34. The summed E-state index contributed by atoms with van der Waals surface area (Å²) in [4.78, 5) is 38.1. The van der Waals surface area contributed by atoms with Gasteiger partial charge in [-0.25, -0.2) is 0 Å². The Morgan fingerprint density at radius 1 is 0.939 bits per heavy atom. The predicted molar refractivity (Wildman–Crippen MR) is 127 cm³/mol. The monoisotopic (exact) mass is 463 g/mol. The summed E-state index contributed by atoms with van der Waals surface area (Å²) in [7, 11) is 0. The van der Waals surface area contributed by atoms with E-state index in [1.54, 1.807) is 24.3 Å². The van der Waals surface area contributed by atoms with Crippen LogP contribution in [0.3, 0.4) is 0 Å². The lowest BCUT2D eigenvalue weighted by Gasteiger charge is -2.32. The van der Waals surface area contributed by atoms with Crippen LogP contribution in [0.4, 0.5) is 11.4 Å². The number of rotatable bonds is 5. The SMILES string of the molecule is O=C(Nc1ccccc1C(=O)N1CCC(c2ccccc2)CC1)c1ccc([N+](=O)[O-])cc1Cl. The summed E-state index contributed by atoms with van der Waals surface area (Å²) in [6.07, 6.45) is 1.76. The number of hydrogen-bond acceptors (Lipinski definition) is 4. The molecule has 1 aliphatic rings. The van der Waals surface area contributed by atoms with E-state index in [1.807, 2.05) is 23.1 Å². The third kappa shape index (κ3) is 5.04. The van der Waals surface area contributed by atoms with E-state index in [2.05, 4.69) is 17.4 Å². The lowest BCUT2D eigenvalue weighted by molar-refractivity contribution is -0.384. The zero-order chi connectivity index (χ0) is 23.4. The fourth-order valence-corrected chi connectivity index (χ4v) is 4.34. The number of hydrogen-bond donors (Lipinski definition) is 1. The van der Waals surface area contributed by atoms with Crippen molar-refractivity contribution in [2.75, 3.05) is 18.4 Å². The van der Waals surface area contributed by atoms with Crippen molar-refractivity contribution < 1.29 is 14.5 Å². The third-order valence-corrected chi connectivity index (χ3v) is 6.18. The molecular formula is C25H22ClN3O4. The van der Waals surface area contributed by atoms with Gasteiger partial charge in [0.25, 0.3) is 17.5 Å². The standard InChI is InChI=1S/C25H22ClN3O4/c26-22-16-19(29(32)33)10-11-20(22)24(30)27-23-9-5-4-8-21(23)25(31)28-14-12-18(13-15-28)17-6-2-1-3-7-17/h1-11,16,18H,12-15H2,(H,27,30). The summed E-state index contributed by atoms with van der Waals surface area (Å²) in [5.74, 6) is -0.264. The minimum Gasteiger partial charge on any atom is -0.339 e. The lowest BCUT2D eigenvalue weighted by Crippen LogP contribution is -2.38. The number of halogens is 1. The maximum atomic E-state index is 13.2. The first-order chi connectivity index (χ1) is 15.9. The van der Waals surface area contributed by atoms with E-state index in [0.717, 1.165) is 18.9 Å². The predicted octanol–water partition coefficient (Wildman–Crippen LogP) is 5.52. The molecule has 0 atom stereocenters. The molecule has 0 spiro atoms. The van der Waals surface area contributed by atoms with Crippen LogP contribution in [0, 0.1) is 10.1 Å². The highest BCUT2D eigenvalue weighted by Crippen LogP contribution is 2.30. The largest absolute Gasteiger partial charge is 0.339 e. The zero-order valence-corrected chi connectivity index (χ0v) is 18.5. The molecule has 1 N–H and O–H groups in total. The fraction of sp³-hybridized carbons (Fsp3) is 0.200. The van der Waals surface area contributed by atoms with Crippen molar-refractivity contribution in [2.45, 2.75) is 18.8 Å². The van der Waals surface area contributed by atoms with Crippen molar-refractivity contribution in [1.82, 2.24) is 4.90 Å². The highest BCUT2D eigenvalue weighted by Gasteiger charge is 2.26. The van der Waals surface area contributed by atoms with E-state index >= 15 is 0 Å². The van der Waals surface area contributed by atoms with E-state index in [4.69, 9.17) is 11.6 Å². The molecule has 0 saturated carbocycles. The molecule has 1 fully saturated rings. The van der Waals surface area contributed by atoms with Crippen LogP contribution in [0.5, 0.6) is 0 Å². The number of nitrogens with one attached hydrogen (secondary N) is 1. The normalized spacial score (nSPS) is 14.0. The van der Waals surface area contributed by atoms with Gasteiger partial charge in [-0.2, -0.15) is 0 Å². The molecule has 7 nitrogen and oxygen atoms in total. The van der Waals surface area contributed by atoms with Crippen LogP contribution >= 0.6 is 11.6 Å². The summed E-state index contributed by atoms with van der Waals surface area (Å²) < 4.78 is 0. The Labute approximate surface area is 196 Å². The summed E-state index contributed by atoms with van der Waals surface area (Å²) in [6, 6.07) is 20.8. The Morgan fingerprint density at radius 2 is 1.61 bits per heavy atom. The Bertz CT molecular complexity index is 1190. The molecule has 4 rings (SSSR count). The second-order valence-corrected chi connectivity index (χ2v) is 8.31. The van der Waals surface area contributed by atoms with Crippen LogP contribution in [-0.4, -0.2) is 34.7 Å². The molecule has 0 aromatic heterocycles. The van der Waals surface area contributed by atoms with Gasteiger partial charge < -0.3 is 10.2 Å². The fourth-order valence-electron chi connectivity index (χ4n) is 4.08. The summed E-state index contributed by atoms with van der Waals surface area (Å²) in [5, 5.41) is 13.6. The van der Waals surface area contributed by atoms with Crippen LogP contribution in [0.25, 0.3) is 0 Å². The van der Waals surface area contributed by atoms with Crippen LogP contribution in [-0.2, 0) is 0 Å². The van der Waals surface area contributed by atoms with Crippen molar-refractivity contribution in [3.05, 3.63) is 105 Å². The van der Waals surface area contributed by atoms with Crippen LogP contribution < -0.4 is 5.32 Å². The van der Waals surface area contributed by atoms with Gasteiger partial charge in [0.05, 0.1) is 26.8 Å². The molecule has 168 valence electrons. The van der Waals surface area contributed by atoms with Crippen molar-refractivity contribution >= 4 is 34.8 Å². The van der Waals surface area contributed by atoms with Crippen molar-refractivity contribution in [2.24, 2.45) is 0 Å². The molecular weight excluding hydrogens is 442 g/mol. The van der Waals surface area contributed by atoms with Crippen molar-refractivity contribution in [3.8, 4) is 0 Å². The molecule has 1 aliphatic heterocycles. The zero-order valence-electron chi connectivity index (χ0n) is 17.7. The highest BCUT2D eigenvalue weighted by atomic mass is 35.5. The molecule has 3 aromatic rings. The van der Waals surface area contributed by atoms with E-state index in [9.17, 15) is 19.7 Å². The average Bonchev–Trinajstić information content (AvgIpc) is 2.84. The Morgan fingerprint density at radius 3 is 2.27 bits per heavy atom. The van der Waals surface area contributed by atoms with Gasteiger partial charge >= 0.3 is 0 Å². The summed E-state index contributed by atoms with van der Waals surface area (Å²) in [6.45, 7) is 1.27. The molecule has 0 radical (unpaired) electrons. The number of para-hydroxylation sites is 1. The van der Waals surface area contributed by atoms with Crippen molar-refractivity contribution in [1.29, 1.82) is 0 Å². The van der Waals surface area contributed by atoms with Gasteiger partial charge in [0.15, 0.2) is 0 Å². The number of likely N-dealkylation sites (tertiary alicyclic amines) is 1. The Kier molecular flexibility index (Phi) is 6.70. The molecule has 1 saturated heterocycles. The van der Waals surface area contributed by atoms with Gasteiger partial charge in [-0.05, 0) is 42.5 Å². The topological polar surface area (TPSA) is 92.6 Å². The number of piperidine rings is 1. The van der Waals surface area contributed by atoms with Gasteiger partial charge in [-0.1, -0.05) is 54.1 Å². The maximum Gasteiger partial charge on any atom is 0.270 e.